The van der Waals surface area contributed by atoms with E-state index in [9.17, 15) is 9.90 Å². The molecule has 5 heteroatoms. The first kappa shape index (κ1) is 14.3. The molecule has 0 fully saturated rings. The summed E-state index contributed by atoms with van der Waals surface area (Å²) in [5.41, 5.74) is 0.292. The lowest BCUT2D eigenvalue weighted by Gasteiger charge is -2.17. The monoisotopic (exact) mass is 254 g/mol. The Kier molecular flexibility index (Phi) is 5.45. The molecule has 0 aliphatic carbocycles. The van der Waals surface area contributed by atoms with Crippen LogP contribution >= 0.6 is 0 Å². The molecule has 1 rings (SSSR count). The van der Waals surface area contributed by atoms with Crippen molar-refractivity contribution in [3.63, 3.8) is 0 Å². The largest absolute Gasteiger partial charge is 0.496 e. The maximum Gasteiger partial charge on any atom is 0.339 e. The van der Waals surface area contributed by atoms with Crippen LogP contribution in [-0.2, 0) is 9.53 Å². The molecule has 1 N–H and O–H groups in total. The summed E-state index contributed by atoms with van der Waals surface area (Å²) >= 11 is 0. The van der Waals surface area contributed by atoms with Crippen molar-refractivity contribution in [3.05, 3.63) is 23.8 Å². The molecule has 0 saturated heterocycles. The summed E-state index contributed by atoms with van der Waals surface area (Å²) in [6.45, 7) is 4.13. The van der Waals surface area contributed by atoms with Crippen LogP contribution in [0.4, 0.5) is 0 Å². The van der Waals surface area contributed by atoms with Crippen molar-refractivity contribution < 1.29 is 24.1 Å². The molecule has 0 heterocycles. The summed E-state index contributed by atoms with van der Waals surface area (Å²) in [6, 6.07) is 5.05. The number of benzene rings is 1. The standard InChI is InChI=1S/C13H18O5/c1-4-17-10-8-6-7-9(16-3)11(10)12(14)13(15)18-5-2/h6-8,12,14H,4-5H2,1-3H3. The van der Waals surface area contributed by atoms with Gasteiger partial charge in [0.05, 0.1) is 25.9 Å². The highest BCUT2D eigenvalue weighted by atomic mass is 16.5. The zero-order valence-corrected chi connectivity index (χ0v) is 10.8. The van der Waals surface area contributed by atoms with Crippen molar-refractivity contribution in [1.29, 1.82) is 0 Å². The van der Waals surface area contributed by atoms with Crippen LogP contribution in [0.2, 0.25) is 0 Å². The predicted octanol–water partition coefficient (Wildman–Crippen LogP) is 1.69. The minimum absolute atomic E-state index is 0.203. The van der Waals surface area contributed by atoms with Crippen molar-refractivity contribution in [2.45, 2.75) is 20.0 Å². The van der Waals surface area contributed by atoms with Gasteiger partial charge in [-0.15, -0.1) is 0 Å². The van der Waals surface area contributed by atoms with Gasteiger partial charge in [0.1, 0.15) is 11.5 Å². The molecular weight excluding hydrogens is 236 g/mol. The zero-order chi connectivity index (χ0) is 13.5. The van der Waals surface area contributed by atoms with Gasteiger partial charge < -0.3 is 19.3 Å². The van der Waals surface area contributed by atoms with E-state index in [4.69, 9.17) is 14.2 Å². The highest BCUT2D eigenvalue weighted by molar-refractivity contribution is 5.78. The Morgan fingerprint density at radius 2 is 1.94 bits per heavy atom. The molecule has 0 radical (unpaired) electrons. The molecule has 1 aromatic carbocycles. The summed E-state index contributed by atoms with van der Waals surface area (Å²) in [7, 11) is 1.46. The van der Waals surface area contributed by atoms with E-state index >= 15 is 0 Å². The zero-order valence-electron chi connectivity index (χ0n) is 10.8. The lowest BCUT2D eigenvalue weighted by Crippen LogP contribution is -2.17. The molecular formula is C13H18O5. The Balaban J connectivity index is 3.13. The number of aliphatic hydroxyl groups is 1. The highest BCUT2D eigenvalue weighted by Gasteiger charge is 2.26. The molecule has 18 heavy (non-hydrogen) atoms. The molecule has 100 valence electrons. The number of esters is 1. The van der Waals surface area contributed by atoms with Gasteiger partial charge in [0.2, 0.25) is 0 Å². The Morgan fingerprint density at radius 3 is 2.50 bits per heavy atom. The fourth-order valence-corrected chi connectivity index (χ4v) is 1.59. The van der Waals surface area contributed by atoms with Gasteiger partial charge in [-0.1, -0.05) is 6.07 Å². The topological polar surface area (TPSA) is 65.0 Å². The second kappa shape index (κ2) is 6.86. The Morgan fingerprint density at radius 1 is 1.28 bits per heavy atom. The van der Waals surface area contributed by atoms with Gasteiger partial charge in [-0.2, -0.15) is 0 Å². The predicted molar refractivity (Wildman–Crippen MR) is 65.8 cm³/mol. The lowest BCUT2D eigenvalue weighted by molar-refractivity contribution is -0.153. The summed E-state index contributed by atoms with van der Waals surface area (Å²) in [6.07, 6.45) is -1.41. The van der Waals surface area contributed by atoms with Crippen molar-refractivity contribution in [2.75, 3.05) is 20.3 Å². The van der Waals surface area contributed by atoms with Crippen molar-refractivity contribution in [2.24, 2.45) is 0 Å². The highest BCUT2D eigenvalue weighted by Crippen LogP contribution is 2.34. The first-order chi connectivity index (χ1) is 8.65. The number of carbonyl (C=O) groups excluding carboxylic acids is 1. The van der Waals surface area contributed by atoms with E-state index in [0.717, 1.165) is 0 Å². The van der Waals surface area contributed by atoms with Crippen LogP contribution < -0.4 is 9.47 Å². The molecule has 0 aliphatic rings. The quantitative estimate of drug-likeness (QED) is 0.782. The number of aliphatic hydroxyl groups excluding tert-OH is 1. The average Bonchev–Trinajstić information content (AvgIpc) is 2.38. The molecule has 0 amide bonds. The third-order valence-corrected chi connectivity index (χ3v) is 2.33. The minimum atomic E-state index is -1.41. The molecule has 1 aromatic rings. The average molecular weight is 254 g/mol. The maximum absolute atomic E-state index is 11.6. The van der Waals surface area contributed by atoms with Gasteiger partial charge in [0.15, 0.2) is 6.10 Å². The van der Waals surface area contributed by atoms with E-state index in [1.807, 2.05) is 6.92 Å². The van der Waals surface area contributed by atoms with E-state index in [1.165, 1.54) is 7.11 Å². The molecule has 0 aromatic heterocycles. The summed E-state index contributed by atoms with van der Waals surface area (Å²) in [4.78, 5) is 11.6. The van der Waals surface area contributed by atoms with Crippen LogP contribution in [0.3, 0.4) is 0 Å². The summed E-state index contributed by atoms with van der Waals surface area (Å²) in [5, 5.41) is 10.0. The molecule has 1 atom stereocenters. The van der Waals surface area contributed by atoms with Crippen LogP contribution in [-0.4, -0.2) is 31.4 Å². The molecule has 0 saturated carbocycles. The van der Waals surface area contributed by atoms with Crippen molar-refractivity contribution in [1.82, 2.24) is 0 Å². The van der Waals surface area contributed by atoms with Gasteiger partial charge in [0, 0.05) is 0 Å². The second-order valence-electron chi connectivity index (χ2n) is 3.46. The number of hydrogen-bond donors (Lipinski definition) is 1. The van der Waals surface area contributed by atoms with Crippen LogP contribution in [0.1, 0.15) is 25.5 Å². The van der Waals surface area contributed by atoms with E-state index < -0.39 is 12.1 Å². The Hall–Kier alpha value is -1.75. The SMILES string of the molecule is CCOC(=O)C(O)c1c(OC)cccc1OCC. The third kappa shape index (κ3) is 3.13. The number of hydrogen-bond acceptors (Lipinski definition) is 5. The van der Waals surface area contributed by atoms with Crippen molar-refractivity contribution in [3.8, 4) is 11.5 Å². The van der Waals surface area contributed by atoms with Crippen LogP contribution in [0.15, 0.2) is 18.2 Å². The normalized spacial score (nSPS) is 11.8. The fourth-order valence-electron chi connectivity index (χ4n) is 1.59. The van der Waals surface area contributed by atoms with E-state index in [-0.39, 0.29) is 6.61 Å². The maximum atomic E-state index is 11.6. The number of methoxy groups -OCH3 is 1. The van der Waals surface area contributed by atoms with Gasteiger partial charge >= 0.3 is 5.97 Å². The number of carbonyl (C=O) groups is 1. The molecule has 0 spiro atoms. The van der Waals surface area contributed by atoms with Gasteiger partial charge in [-0.3, -0.25) is 0 Å². The van der Waals surface area contributed by atoms with Crippen LogP contribution in [0, 0.1) is 0 Å². The summed E-state index contributed by atoms with van der Waals surface area (Å²) < 4.78 is 15.3. The number of rotatable bonds is 6. The second-order valence-corrected chi connectivity index (χ2v) is 3.46. The van der Waals surface area contributed by atoms with Crippen molar-refractivity contribution >= 4 is 5.97 Å². The smallest absolute Gasteiger partial charge is 0.339 e. The lowest BCUT2D eigenvalue weighted by atomic mass is 10.1. The molecule has 0 bridgehead atoms. The van der Waals surface area contributed by atoms with E-state index in [0.29, 0.717) is 23.7 Å². The van der Waals surface area contributed by atoms with Gasteiger partial charge in [-0.05, 0) is 26.0 Å². The first-order valence-corrected chi connectivity index (χ1v) is 5.80. The minimum Gasteiger partial charge on any atom is -0.496 e. The first-order valence-electron chi connectivity index (χ1n) is 5.80. The van der Waals surface area contributed by atoms with Crippen LogP contribution in [0.5, 0.6) is 11.5 Å². The van der Waals surface area contributed by atoms with E-state index in [2.05, 4.69) is 0 Å². The number of ether oxygens (including phenoxy) is 3. The van der Waals surface area contributed by atoms with Crippen LogP contribution in [0.25, 0.3) is 0 Å². The van der Waals surface area contributed by atoms with Gasteiger partial charge in [-0.25, -0.2) is 4.79 Å². The molecule has 5 nitrogen and oxygen atoms in total. The fraction of sp³-hybridized carbons (Fsp3) is 0.462. The molecule has 1 unspecified atom stereocenters. The molecule has 0 aliphatic heterocycles. The summed E-state index contributed by atoms with van der Waals surface area (Å²) in [5.74, 6) is 0.0851. The van der Waals surface area contributed by atoms with Gasteiger partial charge in [0.25, 0.3) is 0 Å². The Bertz CT molecular complexity index is 402. The third-order valence-electron chi connectivity index (χ3n) is 2.33. The Labute approximate surface area is 106 Å². The van der Waals surface area contributed by atoms with E-state index in [1.54, 1.807) is 25.1 Å².